The smallest absolute Gasteiger partial charge is 0.227 e. The van der Waals surface area contributed by atoms with Crippen LogP contribution in [0, 0.1) is 5.41 Å². The summed E-state index contributed by atoms with van der Waals surface area (Å²) in [5.41, 5.74) is -0.109. The van der Waals surface area contributed by atoms with Crippen LogP contribution in [0.2, 0.25) is 0 Å². The average molecular weight is 186 g/mol. The van der Waals surface area contributed by atoms with E-state index < -0.39 is 0 Å². The molecule has 0 atom stereocenters. The Kier molecular flexibility index (Phi) is 3.69. The molecule has 4 nitrogen and oxygen atoms in total. The number of hydrogen-bond acceptors (Lipinski definition) is 3. The summed E-state index contributed by atoms with van der Waals surface area (Å²) in [7, 11) is 3.51. The number of ether oxygens (including phenoxy) is 1. The van der Waals surface area contributed by atoms with E-state index in [1.165, 1.54) is 0 Å². The molecule has 0 aromatic carbocycles. The van der Waals surface area contributed by atoms with Gasteiger partial charge in [0.2, 0.25) is 5.91 Å². The van der Waals surface area contributed by atoms with Crippen LogP contribution in [0.25, 0.3) is 0 Å². The summed E-state index contributed by atoms with van der Waals surface area (Å²) in [4.78, 5) is 11.6. The van der Waals surface area contributed by atoms with E-state index in [9.17, 15) is 4.79 Å². The van der Waals surface area contributed by atoms with E-state index in [-0.39, 0.29) is 11.3 Å². The van der Waals surface area contributed by atoms with E-state index in [1.807, 2.05) is 7.05 Å². The van der Waals surface area contributed by atoms with Crippen LogP contribution in [0.4, 0.5) is 0 Å². The predicted octanol–water partition coefficient (Wildman–Crippen LogP) is -0.251. The van der Waals surface area contributed by atoms with Crippen LogP contribution in [-0.2, 0) is 9.53 Å². The molecule has 1 saturated carbocycles. The molecular weight excluding hydrogens is 168 g/mol. The first-order valence-corrected chi connectivity index (χ1v) is 4.67. The van der Waals surface area contributed by atoms with Gasteiger partial charge in [-0.25, -0.2) is 0 Å². The first-order valence-electron chi connectivity index (χ1n) is 4.67. The lowest BCUT2D eigenvalue weighted by molar-refractivity contribution is -0.126. The highest BCUT2D eigenvalue weighted by Gasteiger charge is 2.48. The van der Waals surface area contributed by atoms with Gasteiger partial charge in [0.1, 0.15) is 0 Å². The largest absolute Gasteiger partial charge is 0.383 e. The molecule has 0 aromatic rings. The topological polar surface area (TPSA) is 50.4 Å². The van der Waals surface area contributed by atoms with Crippen LogP contribution < -0.4 is 10.6 Å². The fraction of sp³-hybridized carbons (Fsp3) is 0.889. The molecular formula is C9H18N2O2. The van der Waals surface area contributed by atoms with Gasteiger partial charge in [0, 0.05) is 20.2 Å². The van der Waals surface area contributed by atoms with Gasteiger partial charge in [0.25, 0.3) is 0 Å². The lowest BCUT2D eigenvalue weighted by atomic mass is 10.1. The van der Waals surface area contributed by atoms with E-state index in [4.69, 9.17) is 4.74 Å². The van der Waals surface area contributed by atoms with Gasteiger partial charge in [-0.1, -0.05) is 0 Å². The fourth-order valence-electron chi connectivity index (χ4n) is 1.43. The van der Waals surface area contributed by atoms with Gasteiger partial charge in [-0.05, 0) is 19.9 Å². The maximum absolute atomic E-state index is 11.6. The van der Waals surface area contributed by atoms with Crippen molar-refractivity contribution >= 4 is 5.91 Å². The Morgan fingerprint density at radius 3 is 2.69 bits per heavy atom. The van der Waals surface area contributed by atoms with Gasteiger partial charge < -0.3 is 15.4 Å². The SMILES string of the molecule is CNCC1(C(=O)NCCOC)CC1. The van der Waals surface area contributed by atoms with Gasteiger partial charge in [-0.3, -0.25) is 4.79 Å². The van der Waals surface area contributed by atoms with E-state index >= 15 is 0 Å². The Balaban J connectivity index is 2.22. The minimum atomic E-state index is -0.109. The highest BCUT2D eigenvalue weighted by atomic mass is 16.5. The molecule has 0 aliphatic heterocycles. The van der Waals surface area contributed by atoms with E-state index in [2.05, 4.69) is 10.6 Å². The Hall–Kier alpha value is -0.610. The van der Waals surface area contributed by atoms with Crippen LogP contribution in [0.1, 0.15) is 12.8 Å². The molecule has 13 heavy (non-hydrogen) atoms. The maximum atomic E-state index is 11.6. The Bertz CT molecular complexity index is 178. The molecule has 4 heteroatoms. The number of nitrogens with one attached hydrogen (secondary N) is 2. The number of amides is 1. The van der Waals surface area contributed by atoms with E-state index in [0.717, 1.165) is 19.4 Å². The van der Waals surface area contributed by atoms with Gasteiger partial charge in [-0.15, -0.1) is 0 Å². The van der Waals surface area contributed by atoms with Crippen molar-refractivity contribution in [2.75, 3.05) is 33.9 Å². The minimum Gasteiger partial charge on any atom is -0.383 e. The third kappa shape index (κ3) is 2.67. The molecule has 0 spiro atoms. The lowest BCUT2D eigenvalue weighted by Crippen LogP contribution is -2.38. The Morgan fingerprint density at radius 2 is 2.23 bits per heavy atom. The normalized spacial score (nSPS) is 18.3. The summed E-state index contributed by atoms with van der Waals surface area (Å²) in [6.07, 6.45) is 2.01. The van der Waals surface area contributed by atoms with Crippen LogP contribution in [0.5, 0.6) is 0 Å². The number of hydrogen-bond donors (Lipinski definition) is 2. The van der Waals surface area contributed by atoms with Gasteiger partial charge in [0.05, 0.1) is 12.0 Å². The number of carbonyl (C=O) groups excluding carboxylic acids is 1. The molecule has 1 rings (SSSR count). The maximum Gasteiger partial charge on any atom is 0.227 e. The summed E-state index contributed by atoms with van der Waals surface area (Å²) < 4.78 is 4.85. The van der Waals surface area contributed by atoms with Crippen LogP contribution in [0.15, 0.2) is 0 Å². The molecule has 0 bridgehead atoms. The first-order chi connectivity index (χ1) is 6.25. The second-order valence-corrected chi connectivity index (χ2v) is 3.56. The number of carbonyl (C=O) groups is 1. The molecule has 0 unspecified atom stereocenters. The van der Waals surface area contributed by atoms with Gasteiger partial charge >= 0.3 is 0 Å². The zero-order valence-electron chi connectivity index (χ0n) is 8.35. The highest BCUT2D eigenvalue weighted by molar-refractivity contribution is 5.85. The number of methoxy groups -OCH3 is 1. The van der Waals surface area contributed by atoms with Crippen molar-refractivity contribution in [1.29, 1.82) is 0 Å². The van der Waals surface area contributed by atoms with Crippen molar-refractivity contribution < 1.29 is 9.53 Å². The number of rotatable bonds is 6. The van der Waals surface area contributed by atoms with Crippen molar-refractivity contribution in [2.24, 2.45) is 5.41 Å². The predicted molar refractivity (Wildman–Crippen MR) is 50.5 cm³/mol. The minimum absolute atomic E-state index is 0.109. The van der Waals surface area contributed by atoms with Crippen molar-refractivity contribution in [3.8, 4) is 0 Å². The summed E-state index contributed by atoms with van der Waals surface area (Å²) in [5, 5.41) is 5.92. The molecule has 76 valence electrons. The highest BCUT2D eigenvalue weighted by Crippen LogP contribution is 2.44. The second kappa shape index (κ2) is 4.58. The molecule has 2 N–H and O–H groups in total. The van der Waals surface area contributed by atoms with Crippen LogP contribution in [-0.4, -0.2) is 39.8 Å². The van der Waals surface area contributed by atoms with Crippen molar-refractivity contribution in [3.63, 3.8) is 0 Å². The summed E-state index contributed by atoms with van der Waals surface area (Å²) in [6.45, 7) is 1.98. The Labute approximate surface area is 79.0 Å². The molecule has 0 saturated heterocycles. The molecule has 1 aliphatic carbocycles. The third-order valence-corrected chi connectivity index (χ3v) is 2.44. The van der Waals surface area contributed by atoms with Crippen molar-refractivity contribution in [1.82, 2.24) is 10.6 Å². The molecule has 1 amide bonds. The average Bonchev–Trinajstić information content (AvgIpc) is 2.87. The first kappa shape index (κ1) is 10.5. The van der Waals surface area contributed by atoms with Crippen LogP contribution >= 0.6 is 0 Å². The monoisotopic (exact) mass is 186 g/mol. The van der Waals surface area contributed by atoms with E-state index in [1.54, 1.807) is 7.11 Å². The van der Waals surface area contributed by atoms with Crippen LogP contribution in [0.3, 0.4) is 0 Å². The fourth-order valence-corrected chi connectivity index (χ4v) is 1.43. The molecule has 0 heterocycles. The molecule has 0 aromatic heterocycles. The van der Waals surface area contributed by atoms with E-state index in [0.29, 0.717) is 13.2 Å². The lowest BCUT2D eigenvalue weighted by Gasteiger charge is -2.14. The van der Waals surface area contributed by atoms with Crippen molar-refractivity contribution in [2.45, 2.75) is 12.8 Å². The van der Waals surface area contributed by atoms with Gasteiger partial charge in [0.15, 0.2) is 0 Å². The molecule has 0 radical (unpaired) electrons. The third-order valence-electron chi connectivity index (χ3n) is 2.44. The molecule has 1 aliphatic rings. The summed E-state index contributed by atoms with van der Waals surface area (Å²) >= 11 is 0. The van der Waals surface area contributed by atoms with Gasteiger partial charge in [-0.2, -0.15) is 0 Å². The zero-order valence-corrected chi connectivity index (χ0v) is 8.35. The summed E-state index contributed by atoms with van der Waals surface area (Å²) in [5.74, 6) is 0.166. The summed E-state index contributed by atoms with van der Waals surface area (Å²) in [6, 6.07) is 0. The quantitative estimate of drug-likeness (QED) is 0.562. The zero-order chi connectivity index (χ0) is 9.73. The molecule has 1 fully saturated rings. The Morgan fingerprint density at radius 1 is 1.54 bits per heavy atom. The standard InChI is InChI=1S/C9H18N2O2/c1-10-7-9(3-4-9)8(12)11-5-6-13-2/h10H,3-7H2,1-2H3,(H,11,12). The van der Waals surface area contributed by atoms with Crippen molar-refractivity contribution in [3.05, 3.63) is 0 Å². The second-order valence-electron chi connectivity index (χ2n) is 3.56.